The lowest BCUT2D eigenvalue weighted by Gasteiger charge is -2.20. The number of rotatable bonds is 9. The van der Waals surface area contributed by atoms with Gasteiger partial charge in [-0.25, -0.2) is 14.1 Å². The van der Waals surface area contributed by atoms with Crippen molar-refractivity contribution in [2.75, 3.05) is 0 Å². The summed E-state index contributed by atoms with van der Waals surface area (Å²) >= 11 is 3.46. The first-order valence-corrected chi connectivity index (χ1v) is 12.7. The molecule has 5 rings (SSSR count). The van der Waals surface area contributed by atoms with Gasteiger partial charge in [0.1, 0.15) is 24.0 Å². The molecular weight excluding hydrogens is 511 g/mol. The second-order valence-corrected chi connectivity index (χ2v) is 10.0. The Morgan fingerprint density at radius 2 is 2.06 bits per heavy atom. The lowest BCUT2D eigenvalue weighted by atomic mass is 10.0. The normalized spacial score (nSPS) is 14.3. The number of pyridine rings is 1. The van der Waals surface area contributed by atoms with Crippen molar-refractivity contribution in [3.8, 4) is 17.1 Å². The fourth-order valence-electron chi connectivity index (χ4n) is 4.27. The average Bonchev–Trinajstić information content (AvgIpc) is 3.41. The molecule has 35 heavy (non-hydrogen) atoms. The minimum absolute atomic E-state index is 0.328. The molecule has 182 valence electrons. The van der Waals surface area contributed by atoms with Crippen LogP contribution in [0.1, 0.15) is 55.3 Å². The maximum absolute atomic E-state index is 14.4. The van der Waals surface area contributed by atoms with Crippen molar-refractivity contribution in [1.29, 1.82) is 0 Å². The van der Waals surface area contributed by atoms with Crippen molar-refractivity contribution in [3.05, 3.63) is 75.8 Å². The van der Waals surface area contributed by atoms with Crippen LogP contribution in [0.5, 0.6) is 5.75 Å². The Morgan fingerprint density at radius 3 is 2.83 bits per heavy atom. The van der Waals surface area contributed by atoms with Crippen LogP contribution in [-0.4, -0.2) is 29.5 Å². The van der Waals surface area contributed by atoms with Crippen LogP contribution in [0.3, 0.4) is 0 Å². The minimum atomic E-state index is -0.435. The highest BCUT2D eigenvalue weighted by Crippen LogP contribution is 2.33. The van der Waals surface area contributed by atoms with Crippen LogP contribution in [0.15, 0.2) is 47.5 Å². The molecule has 1 fully saturated rings. The molecule has 1 aliphatic carbocycles. The van der Waals surface area contributed by atoms with Gasteiger partial charge in [-0.05, 0) is 79.2 Å². The molecule has 1 aliphatic rings. The van der Waals surface area contributed by atoms with Gasteiger partial charge < -0.3 is 4.74 Å². The van der Waals surface area contributed by atoms with Gasteiger partial charge in [0.15, 0.2) is 5.82 Å². The summed E-state index contributed by atoms with van der Waals surface area (Å²) in [5.41, 5.74) is 4.40. The molecule has 1 saturated carbocycles. The van der Waals surface area contributed by atoms with Crippen molar-refractivity contribution < 1.29 is 9.13 Å². The van der Waals surface area contributed by atoms with Crippen LogP contribution in [0.2, 0.25) is 0 Å². The van der Waals surface area contributed by atoms with Gasteiger partial charge in [-0.15, -0.1) is 0 Å². The minimum Gasteiger partial charge on any atom is -0.484 e. The van der Waals surface area contributed by atoms with Crippen LogP contribution < -0.4 is 4.74 Å². The first kappa shape index (κ1) is 23.7. The Morgan fingerprint density at radius 1 is 1.23 bits per heavy atom. The number of halogens is 2. The largest absolute Gasteiger partial charge is 0.484 e. The highest BCUT2D eigenvalue weighted by Gasteiger charge is 2.23. The standard InChI is InChI=1S/C26H28BrFN6O/c1-4-24-25(9-20(27)11-29-24)35-17(3)23-10-21(28)7-8-22(23)26-30-15-31-34(26)14-19-13-33(32-16(19)2)12-18-5-6-18/h7-11,13,15,17-18H,4-6,12,14H2,1-3H3/t17-/m1/s1. The Hall–Kier alpha value is -3.07. The number of aryl methyl sites for hydroxylation is 2. The van der Waals surface area contributed by atoms with Crippen molar-refractivity contribution in [2.24, 2.45) is 5.92 Å². The number of ether oxygens (including phenoxy) is 1. The summed E-state index contributed by atoms with van der Waals surface area (Å²) < 4.78 is 25.4. The van der Waals surface area contributed by atoms with E-state index in [9.17, 15) is 4.39 Å². The Bertz CT molecular complexity index is 1350. The summed E-state index contributed by atoms with van der Waals surface area (Å²) in [7, 11) is 0. The molecule has 0 saturated heterocycles. The molecule has 3 aromatic heterocycles. The second-order valence-electron chi connectivity index (χ2n) is 9.09. The molecule has 0 N–H and O–H groups in total. The molecule has 7 nitrogen and oxygen atoms in total. The first-order valence-electron chi connectivity index (χ1n) is 11.9. The lowest BCUT2D eigenvalue weighted by Crippen LogP contribution is -2.10. The van der Waals surface area contributed by atoms with E-state index in [1.165, 1.54) is 31.3 Å². The molecule has 0 radical (unpaired) electrons. The number of nitrogens with zero attached hydrogens (tertiary/aromatic N) is 6. The van der Waals surface area contributed by atoms with Gasteiger partial charge in [-0.3, -0.25) is 9.67 Å². The first-order chi connectivity index (χ1) is 16.9. The lowest BCUT2D eigenvalue weighted by molar-refractivity contribution is 0.223. The molecule has 0 spiro atoms. The summed E-state index contributed by atoms with van der Waals surface area (Å²) in [4.78, 5) is 8.98. The monoisotopic (exact) mass is 538 g/mol. The van der Waals surface area contributed by atoms with E-state index in [0.717, 1.165) is 45.9 Å². The molecule has 9 heteroatoms. The summed E-state index contributed by atoms with van der Waals surface area (Å²) in [6.45, 7) is 7.45. The zero-order chi connectivity index (χ0) is 24.5. The van der Waals surface area contributed by atoms with E-state index in [1.54, 1.807) is 12.3 Å². The number of aromatic nitrogens is 6. The third-order valence-corrected chi connectivity index (χ3v) is 6.79. The topological polar surface area (TPSA) is 70.7 Å². The maximum Gasteiger partial charge on any atom is 0.158 e. The third-order valence-electron chi connectivity index (χ3n) is 6.35. The highest BCUT2D eigenvalue weighted by atomic mass is 79.9. The molecule has 1 atom stereocenters. The van der Waals surface area contributed by atoms with E-state index in [1.807, 2.05) is 36.2 Å². The van der Waals surface area contributed by atoms with Gasteiger partial charge in [0, 0.05) is 40.1 Å². The van der Waals surface area contributed by atoms with Gasteiger partial charge in [-0.2, -0.15) is 10.2 Å². The smallest absolute Gasteiger partial charge is 0.158 e. The fraction of sp³-hybridized carbons (Fsp3) is 0.385. The van der Waals surface area contributed by atoms with Gasteiger partial charge in [0.2, 0.25) is 0 Å². The maximum atomic E-state index is 14.4. The summed E-state index contributed by atoms with van der Waals surface area (Å²) in [6, 6.07) is 6.59. The molecule has 4 aromatic rings. The van der Waals surface area contributed by atoms with E-state index in [2.05, 4.69) is 42.3 Å². The number of hydrogen-bond donors (Lipinski definition) is 0. The van der Waals surface area contributed by atoms with Crippen molar-refractivity contribution in [3.63, 3.8) is 0 Å². The molecule has 3 heterocycles. The zero-order valence-corrected chi connectivity index (χ0v) is 21.7. The van der Waals surface area contributed by atoms with Crippen LogP contribution in [0.25, 0.3) is 11.4 Å². The van der Waals surface area contributed by atoms with E-state index in [-0.39, 0.29) is 5.82 Å². The van der Waals surface area contributed by atoms with E-state index >= 15 is 0 Å². The van der Waals surface area contributed by atoms with E-state index in [0.29, 0.717) is 23.7 Å². The van der Waals surface area contributed by atoms with Gasteiger partial charge >= 0.3 is 0 Å². The summed E-state index contributed by atoms with van der Waals surface area (Å²) in [5.74, 6) is 1.75. The zero-order valence-electron chi connectivity index (χ0n) is 20.1. The summed E-state index contributed by atoms with van der Waals surface area (Å²) in [6.07, 6.45) is 8.24. The Labute approximate surface area is 212 Å². The van der Waals surface area contributed by atoms with Crippen molar-refractivity contribution in [2.45, 2.75) is 59.2 Å². The van der Waals surface area contributed by atoms with Gasteiger partial charge in [0.05, 0.1) is 17.9 Å². The number of benzene rings is 1. The molecule has 0 amide bonds. The van der Waals surface area contributed by atoms with E-state index < -0.39 is 6.10 Å². The predicted molar refractivity (Wildman–Crippen MR) is 135 cm³/mol. The molecule has 0 aliphatic heterocycles. The predicted octanol–water partition coefficient (Wildman–Crippen LogP) is 5.91. The van der Waals surface area contributed by atoms with Crippen molar-refractivity contribution >= 4 is 15.9 Å². The van der Waals surface area contributed by atoms with Gasteiger partial charge in [-0.1, -0.05) is 6.92 Å². The average molecular weight is 539 g/mol. The number of hydrogen-bond acceptors (Lipinski definition) is 5. The third kappa shape index (κ3) is 5.29. The Balaban J connectivity index is 1.45. The SMILES string of the molecule is CCc1ncc(Br)cc1O[C@H](C)c1cc(F)ccc1-c1ncnn1Cc1cn(CC2CC2)nc1C. The van der Waals surface area contributed by atoms with E-state index in [4.69, 9.17) is 4.74 Å². The highest BCUT2D eigenvalue weighted by molar-refractivity contribution is 9.10. The second kappa shape index (κ2) is 9.89. The van der Waals surface area contributed by atoms with Crippen LogP contribution in [0, 0.1) is 18.7 Å². The molecular formula is C26H28BrFN6O. The molecule has 0 bridgehead atoms. The Kier molecular flexibility index (Phi) is 6.69. The quantitative estimate of drug-likeness (QED) is 0.265. The van der Waals surface area contributed by atoms with Crippen LogP contribution in [-0.2, 0) is 19.5 Å². The van der Waals surface area contributed by atoms with Crippen LogP contribution in [0.4, 0.5) is 4.39 Å². The summed E-state index contributed by atoms with van der Waals surface area (Å²) in [5, 5.41) is 9.15. The fourth-order valence-corrected chi connectivity index (χ4v) is 4.58. The van der Waals surface area contributed by atoms with Crippen molar-refractivity contribution in [1.82, 2.24) is 29.5 Å². The van der Waals surface area contributed by atoms with Gasteiger partial charge in [0.25, 0.3) is 0 Å². The molecule has 1 aromatic carbocycles. The van der Waals surface area contributed by atoms with Crippen LogP contribution >= 0.6 is 15.9 Å². The molecule has 0 unspecified atom stereocenters.